The molecule has 0 bridgehead atoms. The first kappa shape index (κ1) is 24.3. The Hall–Kier alpha value is -4.73. The molecule has 4 heteroatoms. The zero-order valence-corrected chi connectivity index (χ0v) is 22.6. The van der Waals surface area contributed by atoms with E-state index in [0.29, 0.717) is 0 Å². The molecule has 0 aliphatic carbocycles. The van der Waals surface area contributed by atoms with Gasteiger partial charge in [0.25, 0.3) is 0 Å². The average Bonchev–Trinajstić information content (AvgIpc) is 3.02. The smallest absolute Gasteiger partial charge is 0.248 e. The molecule has 1 heterocycles. The molecule has 7 rings (SSSR count). The second-order valence-electron chi connectivity index (χ2n) is 9.91. The highest BCUT2D eigenvalue weighted by Gasteiger charge is 2.36. The first-order valence-corrected chi connectivity index (χ1v) is 13.9. The monoisotopic (exact) mass is 532 g/mol. The third kappa shape index (κ3) is 4.16. The van der Waals surface area contributed by atoms with E-state index in [1.807, 2.05) is 12.1 Å². The molecule has 0 fully saturated rings. The Morgan fingerprint density at radius 3 is 1.45 bits per heavy atom. The fourth-order valence-corrected chi connectivity index (χ4v) is 6.19. The zero-order chi connectivity index (χ0) is 26.9. The summed E-state index contributed by atoms with van der Waals surface area (Å²) in [6.07, 6.45) is 0. The van der Waals surface area contributed by atoms with Crippen molar-refractivity contribution in [3.05, 3.63) is 163 Å². The summed E-state index contributed by atoms with van der Waals surface area (Å²) < 4.78 is 0. The Labute approximate surface area is 240 Å². The Morgan fingerprint density at radius 2 is 0.900 bits per heavy atom. The van der Waals surface area contributed by atoms with Crippen molar-refractivity contribution < 1.29 is 0 Å². The molecule has 190 valence electrons. The number of anilines is 6. The number of rotatable bonds is 5. The summed E-state index contributed by atoms with van der Waals surface area (Å²) in [4.78, 5) is 4.60. The largest absolute Gasteiger partial charge is 0.312 e. The van der Waals surface area contributed by atoms with Gasteiger partial charge in [0.15, 0.2) is 0 Å². The van der Waals surface area contributed by atoms with Crippen LogP contribution in [0, 0.1) is 0 Å². The summed E-state index contributed by atoms with van der Waals surface area (Å²) in [7, 11) is 0. The van der Waals surface area contributed by atoms with Gasteiger partial charge >= 0.3 is 0 Å². The SMILES string of the molecule is Clc1c(B2c3ccccc3N(c3ccccc3)c3ccccc32)cccc1N(c1ccccc1)c1ccccc1. The van der Waals surface area contributed by atoms with Crippen LogP contribution < -0.4 is 26.2 Å². The molecule has 0 spiro atoms. The van der Waals surface area contributed by atoms with Gasteiger partial charge in [-0.2, -0.15) is 0 Å². The number of halogens is 1. The Kier molecular flexibility index (Phi) is 6.35. The van der Waals surface area contributed by atoms with Crippen molar-refractivity contribution >= 4 is 68.8 Å². The molecular formula is C36H26BClN2. The van der Waals surface area contributed by atoms with E-state index >= 15 is 0 Å². The molecule has 1 aliphatic rings. The highest BCUT2D eigenvalue weighted by atomic mass is 35.5. The van der Waals surface area contributed by atoms with Crippen LogP contribution in [0.4, 0.5) is 34.1 Å². The molecule has 0 amide bonds. The van der Waals surface area contributed by atoms with Crippen LogP contribution in [0.5, 0.6) is 0 Å². The lowest BCUT2D eigenvalue weighted by Crippen LogP contribution is -2.57. The van der Waals surface area contributed by atoms with Crippen molar-refractivity contribution in [3.63, 3.8) is 0 Å². The van der Waals surface area contributed by atoms with E-state index in [4.69, 9.17) is 11.6 Å². The van der Waals surface area contributed by atoms with Gasteiger partial charge < -0.3 is 9.80 Å². The average molecular weight is 533 g/mol. The second kappa shape index (κ2) is 10.4. The molecule has 0 unspecified atom stereocenters. The second-order valence-corrected chi connectivity index (χ2v) is 10.3. The van der Waals surface area contributed by atoms with Crippen LogP contribution in [0.1, 0.15) is 0 Å². The minimum Gasteiger partial charge on any atom is -0.312 e. The first-order chi connectivity index (χ1) is 19.8. The van der Waals surface area contributed by atoms with Crippen LogP contribution in [0.2, 0.25) is 5.02 Å². The minimum atomic E-state index is -0.0202. The van der Waals surface area contributed by atoms with Gasteiger partial charge in [0.05, 0.1) is 10.7 Å². The summed E-state index contributed by atoms with van der Waals surface area (Å²) in [6, 6.07) is 55.2. The summed E-state index contributed by atoms with van der Waals surface area (Å²) in [5.74, 6) is 0. The fraction of sp³-hybridized carbons (Fsp3) is 0. The molecule has 6 aromatic carbocycles. The lowest BCUT2D eigenvalue weighted by Gasteiger charge is -2.37. The number of fused-ring (bicyclic) bond motifs is 2. The van der Waals surface area contributed by atoms with Crippen LogP contribution >= 0.6 is 11.6 Å². The quantitative estimate of drug-likeness (QED) is 0.207. The van der Waals surface area contributed by atoms with Gasteiger partial charge in [0.2, 0.25) is 6.71 Å². The molecule has 40 heavy (non-hydrogen) atoms. The van der Waals surface area contributed by atoms with Crippen molar-refractivity contribution in [2.45, 2.75) is 0 Å². The van der Waals surface area contributed by atoms with E-state index in [1.165, 1.54) is 22.3 Å². The van der Waals surface area contributed by atoms with E-state index in [9.17, 15) is 0 Å². The number of para-hydroxylation sites is 5. The van der Waals surface area contributed by atoms with Crippen LogP contribution in [0.3, 0.4) is 0 Å². The van der Waals surface area contributed by atoms with E-state index in [-0.39, 0.29) is 6.71 Å². The maximum Gasteiger partial charge on any atom is 0.248 e. The third-order valence-electron chi connectivity index (χ3n) is 7.58. The lowest BCUT2D eigenvalue weighted by atomic mass is 9.35. The van der Waals surface area contributed by atoms with Gasteiger partial charge in [-0.3, -0.25) is 0 Å². The van der Waals surface area contributed by atoms with Crippen LogP contribution in [0.25, 0.3) is 0 Å². The molecular weight excluding hydrogens is 507 g/mol. The van der Waals surface area contributed by atoms with Gasteiger partial charge in [0.1, 0.15) is 0 Å². The predicted molar refractivity (Wildman–Crippen MR) is 172 cm³/mol. The molecule has 0 N–H and O–H groups in total. The highest BCUT2D eigenvalue weighted by Crippen LogP contribution is 2.39. The van der Waals surface area contributed by atoms with Crippen molar-refractivity contribution in [2.24, 2.45) is 0 Å². The number of nitrogens with zero attached hydrogens (tertiary/aromatic N) is 2. The van der Waals surface area contributed by atoms with E-state index in [0.717, 1.165) is 33.2 Å². The normalized spacial score (nSPS) is 12.0. The summed E-state index contributed by atoms with van der Waals surface area (Å²) >= 11 is 7.47. The van der Waals surface area contributed by atoms with Crippen LogP contribution in [-0.2, 0) is 0 Å². The summed E-state index contributed by atoms with van der Waals surface area (Å²) in [5.41, 5.74) is 10.1. The maximum atomic E-state index is 7.47. The number of hydrogen-bond acceptors (Lipinski definition) is 2. The predicted octanol–water partition coefficient (Wildman–Crippen LogP) is 8.11. The standard InChI is InChI=1S/C36H26BClN2/c38-36-32(23-14-26-35(36)39(27-15-4-1-5-16-27)28-17-6-2-7-18-28)37-30-21-10-12-24-33(30)40(29-19-8-3-9-20-29)34-25-13-11-22-31(34)37/h1-26H. The Morgan fingerprint density at radius 1 is 0.450 bits per heavy atom. The minimum absolute atomic E-state index is 0.0202. The van der Waals surface area contributed by atoms with Gasteiger partial charge in [-0.25, -0.2) is 0 Å². The molecule has 6 aromatic rings. The van der Waals surface area contributed by atoms with Crippen molar-refractivity contribution in [1.29, 1.82) is 0 Å². The van der Waals surface area contributed by atoms with Crippen molar-refractivity contribution in [2.75, 3.05) is 9.80 Å². The number of benzene rings is 6. The fourth-order valence-electron chi connectivity index (χ4n) is 5.87. The topological polar surface area (TPSA) is 6.48 Å². The molecule has 0 radical (unpaired) electrons. The van der Waals surface area contributed by atoms with Crippen molar-refractivity contribution in [3.8, 4) is 0 Å². The number of hydrogen-bond donors (Lipinski definition) is 0. The Bertz CT molecular complexity index is 1690. The van der Waals surface area contributed by atoms with Gasteiger partial charge in [0, 0.05) is 28.4 Å². The van der Waals surface area contributed by atoms with Crippen molar-refractivity contribution in [1.82, 2.24) is 0 Å². The molecule has 0 aromatic heterocycles. The molecule has 2 nitrogen and oxygen atoms in total. The van der Waals surface area contributed by atoms with Gasteiger partial charge in [-0.1, -0.05) is 115 Å². The third-order valence-corrected chi connectivity index (χ3v) is 7.99. The van der Waals surface area contributed by atoms with E-state index < -0.39 is 0 Å². The molecule has 0 saturated carbocycles. The van der Waals surface area contributed by atoms with E-state index in [2.05, 4.69) is 155 Å². The lowest BCUT2D eigenvalue weighted by molar-refractivity contribution is 1.28. The van der Waals surface area contributed by atoms with Gasteiger partial charge in [-0.15, -0.1) is 0 Å². The van der Waals surface area contributed by atoms with E-state index in [1.54, 1.807) is 0 Å². The zero-order valence-electron chi connectivity index (χ0n) is 21.9. The van der Waals surface area contributed by atoms with Crippen LogP contribution in [0.15, 0.2) is 158 Å². The molecule has 0 saturated heterocycles. The molecule has 0 atom stereocenters. The Balaban J connectivity index is 1.44. The van der Waals surface area contributed by atoms with Gasteiger partial charge in [-0.05, 0) is 71.0 Å². The maximum absolute atomic E-state index is 7.47. The highest BCUT2D eigenvalue weighted by molar-refractivity contribution is 6.99. The first-order valence-electron chi connectivity index (χ1n) is 13.5. The summed E-state index contributed by atoms with van der Waals surface area (Å²) in [5, 5.41) is 0.748. The summed E-state index contributed by atoms with van der Waals surface area (Å²) in [6.45, 7) is -0.0202. The van der Waals surface area contributed by atoms with Crippen LogP contribution in [-0.4, -0.2) is 6.71 Å². The molecule has 1 aliphatic heterocycles.